The molecule has 2 rings (SSSR count). The van der Waals surface area contributed by atoms with E-state index in [9.17, 15) is 25.5 Å². The van der Waals surface area contributed by atoms with Crippen molar-refractivity contribution in [3.63, 3.8) is 0 Å². The molecule has 0 spiro atoms. The minimum Gasteiger partial charge on any atom is -0.512 e. The average Bonchev–Trinajstić information content (AvgIpc) is 2.33. The van der Waals surface area contributed by atoms with E-state index in [2.05, 4.69) is 0 Å². The molecular formula is C15H18O5. The van der Waals surface area contributed by atoms with Crippen molar-refractivity contribution in [1.29, 1.82) is 0 Å². The van der Waals surface area contributed by atoms with Gasteiger partial charge >= 0.3 is 0 Å². The molecule has 5 nitrogen and oxygen atoms in total. The van der Waals surface area contributed by atoms with Crippen LogP contribution in [0.15, 0.2) is 47.9 Å². The predicted molar refractivity (Wildman–Crippen MR) is 73.4 cm³/mol. The van der Waals surface area contributed by atoms with Gasteiger partial charge in [-0.25, -0.2) is 0 Å². The molecule has 0 fully saturated rings. The third-order valence-electron chi connectivity index (χ3n) is 3.34. The van der Waals surface area contributed by atoms with Gasteiger partial charge in [0.2, 0.25) is 0 Å². The molecule has 0 radical (unpaired) electrons. The van der Waals surface area contributed by atoms with E-state index in [1.54, 1.807) is 24.3 Å². The third kappa shape index (κ3) is 3.53. The van der Waals surface area contributed by atoms with Gasteiger partial charge in [0.25, 0.3) is 0 Å². The van der Waals surface area contributed by atoms with E-state index >= 15 is 0 Å². The van der Waals surface area contributed by atoms with E-state index in [4.69, 9.17) is 0 Å². The van der Waals surface area contributed by atoms with Gasteiger partial charge in [-0.15, -0.1) is 0 Å². The number of hydrogen-bond donors (Lipinski definition) is 5. The molecule has 5 heteroatoms. The molecule has 1 aromatic carbocycles. The number of hydrogen-bond acceptors (Lipinski definition) is 5. The smallest absolute Gasteiger partial charge is 0.117 e. The molecule has 0 amide bonds. The van der Waals surface area contributed by atoms with Gasteiger partial charge in [0.1, 0.15) is 17.3 Å². The summed E-state index contributed by atoms with van der Waals surface area (Å²) in [5, 5.41) is 48.1. The Bertz CT molecular complexity index is 535. The fraction of sp³-hybridized carbons (Fsp3) is 0.333. The van der Waals surface area contributed by atoms with Crippen molar-refractivity contribution in [2.24, 2.45) is 5.92 Å². The number of phenols is 1. The quantitative estimate of drug-likeness (QED) is 0.575. The second kappa shape index (κ2) is 5.98. The molecule has 0 aromatic heterocycles. The molecule has 20 heavy (non-hydrogen) atoms. The van der Waals surface area contributed by atoms with Crippen molar-refractivity contribution in [3.05, 3.63) is 53.5 Å². The van der Waals surface area contributed by atoms with E-state index in [0.717, 1.165) is 5.56 Å². The zero-order valence-corrected chi connectivity index (χ0v) is 10.8. The summed E-state index contributed by atoms with van der Waals surface area (Å²) < 4.78 is 0. The summed E-state index contributed by atoms with van der Waals surface area (Å²) in [6, 6.07) is 6.57. The number of aliphatic hydroxyl groups excluding tert-OH is 4. The van der Waals surface area contributed by atoms with Crippen molar-refractivity contribution in [3.8, 4) is 5.75 Å². The van der Waals surface area contributed by atoms with E-state index in [1.807, 2.05) is 0 Å². The Labute approximate surface area is 116 Å². The number of benzene rings is 1. The second-order valence-electron chi connectivity index (χ2n) is 5.02. The normalized spacial score (nSPS) is 23.9. The number of allylic oxidation sites excluding steroid dienone is 1. The van der Waals surface area contributed by atoms with Crippen LogP contribution >= 0.6 is 0 Å². The summed E-state index contributed by atoms with van der Waals surface area (Å²) >= 11 is 0. The highest BCUT2D eigenvalue weighted by molar-refractivity contribution is 5.28. The van der Waals surface area contributed by atoms with Crippen LogP contribution in [-0.2, 0) is 6.42 Å². The summed E-state index contributed by atoms with van der Waals surface area (Å²) in [4.78, 5) is 0. The maximum absolute atomic E-state index is 10.0. The van der Waals surface area contributed by atoms with Gasteiger partial charge in [0, 0.05) is 12.0 Å². The van der Waals surface area contributed by atoms with Gasteiger partial charge in [-0.2, -0.15) is 0 Å². The van der Waals surface area contributed by atoms with Gasteiger partial charge in [0.05, 0.1) is 12.2 Å². The fourth-order valence-electron chi connectivity index (χ4n) is 2.36. The first-order valence-corrected chi connectivity index (χ1v) is 6.41. The topological polar surface area (TPSA) is 101 Å². The zero-order chi connectivity index (χ0) is 14.7. The van der Waals surface area contributed by atoms with Gasteiger partial charge in [0.15, 0.2) is 0 Å². The van der Waals surface area contributed by atoms with Crippen LogP contribution in [0, 0.1) is 5.92 Å². The Balaban J connectivity index is 1.98. The second-order valence-corrected chi connectivity index (χ2v) is 5.02. The van der Waals surface area contributed by atoms with Gasteiger partial charge in [-0.3, -0.25) is 0 Å². The standard InChI is InChI=1S/C15H18O5/c16-10-3-1-2-9(4-10)5-11(17)6-13-14(19)7-12(18)8-15(13)20/h1-4,7-8,11,13-14,16-20H,5-6H2/t11-,13-,14-/m0/s1. The van der Waals surface area contributed by atoms with Crippen LogP contribution in [0.3, 0.4) is 0 Å². The molecule has 108 valence electrons. The Hall–Kier alpha value is -1.98. The zero-order valence-electron chi connectivity index (χ0n) is 10.8. The lowest BCUT2D eigenvalue weighted by Gasteiger charge is -2.25. The molecule has 0 saturated carbocycles. The Morgan fingerprint density at radius 1 is 1.15 bits per heavy atom. The molecule has 0 bridgehead atoms. The molecule has 0 aliphatic heterocycles. The molecular weight excluding hydrogens is 260 g/mol. The van der Waals surface area contributed by atoms with Crippen LogP contribution < -0.4 is 0 Å². The lowest BCUT2D eigenvalue weighted by Crippen LogP contribution is -2.28. The van der Waals surface area contributed by atoms with Crippen molar-refractivity contribution >= 4 is 0 Å². The highest BCUT2D eigenvalue weighted by atomic mass is 16.3. The minimum absolute atomic E-state index is 0.128. The summed E-state index contributed by atoms with van der Waals surface area (Å²) in [5.74, 6) is -0.845. The molecule has 5 N–H and O–H groups in total. The fourth-order valence-corrected chi connectivity index (χ4v) is 2.36. The monoisotopic (exact) mass is 278 g/mol. The highest BCUT2D eigenvalue weighted by Gasteiger charge is 2.28. The van der Waals surface area contributed by atoms with Crippen molar-refractivity contribution in [2.45, 2.75) is 25.0 Å². The van der Waals surface area contributed by atoms with Crippen LogP contribution in [-0.4, -0.2) is 37.7 Å². The first-order chi connectivity index (χ1) is 9.45. The largest absolute Gasteiger partial charge is 0.512 e. The molecule has 0 unspecified atom stereocenters. The molecule has 1 aliphatic rings. The highest BCUT2D eigenvalue weighted by Crippen LogP contribution is 2.27. The number of phenolic OH excluding ortho intramolecular Hbond substituents is 1. The van der Waals surface area contributed by atoms with Crippen LogP contribution in [0.2, 0.25) is 0 Å². The SMILES string of the molecule is OC1=C[C@H](O)[C@H](C[C@@H](O)Cc2cccc(O)c2)C(O)=C1. The van der Waals surface area contributed by atoms with Gasteiger partial charge in [-0.05, 0) is 36.6 Å². The first-order valence-electron chi connectivity index (χ1n) is 6.41. The van der Waals surface area contributed by atoms with Crippen LogP contribution in [0.4, 0.5) is 0 Å². The summed E-state index contributed by atoms with van der Waals surface area (Å²) in [6.45, 7) is 0. The Morgan fingerprint density at radius 3 is 2.55 bits per heavy atom. The molecule has 1 aliphatic carbocycles. The van der Waals surface area contributed by atoms with E-state index in [1.165, 1.54) is 12.2 Å². The summed E-state index contributed by atoms with van der Waals surface area (Å²) in [6.07, 6.45) is 1.05. The molecule has 3 atom stereocenters. The molecule has 1 aromatic rings. The molecule has 0 saturated heterocycles. The summed E-state index contributed by atoms with van der Waals surface area (Å²) in [5.41, 5.74) is 0.768. The van der Waals surface area contributed by atoms with E-state index in [0.29, 0.717) is 6.42 Å². The van der Waals surface area contributed by atoms with Crippen LogP contribution in [0.25, 0.3) is 0 Å². The first kappa shape index (κ1) is 14.4. The maximum Gasteiger partial charge on any atom is 0.117 e. The Morgan fingerprint density at radius 2 is 1.90 bits per heavy atom. The van der Waals surface area contributed by atoms with Crippen LogP contribution in [0.5, 0.6) is 5.75 Å². The molecule has 0 heterocycles. The number of aromatic hydroxyl groups is 1. The number of aliphatic hydroxyl groups is 4. The van der Waals surface area contributed by atoms with E-state index < -0.39 is 18.1 Å². The predicted octanol–water partition coefficient (Wildman–Crippen LogP) is 1.56. The summed E-state index contributed by atoms with van der Waals surface area (Å²) in [7, 11) is 0. The third-order valence-corrected chi connectivity index (χ3v) is 3.34. The van der Waals surface area contributed by atoms with Crippen molar-refractivity contribution in [1.82, 2.24) is 0 Å². The minimum atomic E-state index is -1.03. The lowest BCUT2D eigenvalue weighted by molar-refractivity contribution is 0.0769. The van der Waals surface area contributed by atoms with Gasteiger partial charge in [-0.1, -0.05) is 12.1 Å². The van der Waals surface area contributed by atoms with Crippen molar-refractivity contribution in [2.75, 3.05) is 0 Å². The average molecular weight is 278 g/mol. The maximum atomic E-state index is 10.0. The van der Waals surface area contributed by atoms with Crippen molar-refractivity contribution < 1.29 is 25.5 Å². The number of rotatable bonds is 4. The van der Waals surface area contributed by atoms with E-state index in [-0.39, 0.29) is 23.7 Å². The lowest BCUT2D eigenvalue weighted by atomic mass is 9.88. The Kier molecular flexibility index (Phi) is 4.32. The van der Waals surface area contributed by atoms with Crippen LogP contribution in [0.1, 0.15) is 12.0 Å². The van der Waals surface area contributed by atoms with Gasteiger partial charge < -0.3 is 25.5 Å².